The molecule has 1 amide bonds. The normalized spacial score (nSPS) is 15.2. The van der Waals surface area contributed by atoms with Gasteiger partial charge in [-0.2, -0.15) is 0 Å². The summed E-state index contributed by atoms with van der Waals surface area (Å²) in [5, 5.41) is 0. The van der Waals surface area contributed by atoms with E-state index in [1.807, 2.05) is 29.2 Å². The summed E-state index contributed by atoms with van der Waals surface area (Å²) in [6, 6.07) is 16.3. The number of benzene rings is 2. The molecule has 2 aromatic rings. The Balaban J connectivity index is 1.49. The molecule has 2 aromatic carbocycles. The molecule has 1 heterocycles. The smallest absolute Gasteiger partial charge is 0.227 e. The van der Waals surface area contributed by atoms with Gasteiger partial charge in [0.1, 0.15) is 5.75 Å². The topological polar surface area (TPSA) is 32.8 Å². The van der Waals surface area contributed by atoms with Crippen molar-refractivity contribution in [3.8, 4) is 5.75 Å². The number of carbonyl (C=O) groups excluding carboxylic acids is 1. The molecule has 3 rings (SSSR count). The summed E-state index contributed by atoms with van der Waals surface area (Å²) in [6.45, 7) is 6.60. The largest absolute Gasteiger partial charge is 0.497 e. The van der Waals surface area contributed by atoms with Crippen LogP contribution in [0.1, 0.15) is 16.7 Å². The van der Waals surface area contributed by atoms with Crippen molar-refractivity contribution in [1.29, 1.82) is 0 Å². The molecule has 0 aliphatic carbocycles. The third-order valence-electron chi connectivity index (χ3n) is 4.89. The van der Waals surface area contributed by atoms with E-state index in [9.17, 15) is 4.79 Å². The highest BCUT2D eigenvalue weighted by molar-refractivity contribution is 5.79. The van der Waals surface area contributed by atoms with Gasteiger partial charge >= 0.3 is 0 Å². The molecule has 25 heavy (non-hydrogen) atoms. The highest BCUT2D eigenvalue weighted by atomic mass is 16.5. The van der Waals surface area contributed by atoms with Crippen LogP contribution < -0.4 is 4.74 Å². The molecule has 0 atom stereocenters. The van der Waals surface area contributed by atoms with Crippen molar-refractivity contribution in [2.45, 2.75) is 19.9 Å². The molecule has 1 saturated heterocycles. The SMILES string of the molecule is COc1ccc(CC(=O)N2CCN(Cc3ccccc3C)CC2)cc1. The molecule has 0 saturated carbocycles. The standard InChI is InChI=1S/C21H26N2O2/c1-17-5-3-4-6-19(17)16-22-11-13-23(14-12-22)21(24)15-18-7-9-20(25-2)10-8-18/h3-10H,11-16H2,1-2H3. The molecule has 0 radical (unpaired) electrons. The molecule has 1 fully saturated rings. The van der Waals surface area contributed by atoms with Crippen molar-refractivity contribution in [3.63, 3.8) is 0 Å². The van der Waals surface area contributed by atoms with E-state index in [0.717, 1.165) is 44.0 Å². The van der Waals surface area contributed by atoms with Crippen molar-refractivity contribution in [1.82, 2.24) is 9.80 Å². The number of amides is 1. The van der Waals surface area contributed by atoms with Crippen LogP contribution in [0.5, 0.6) is 5.75 Å². The number of nitrogens with zero attached hydrogens (tertiary/aromatic N) is 2. The van der Waals surface area contributed by atoms with Crippen molar-refractivity contribution in [3.05, 3.63) is 65.2 Å². The van der Waals surface area contributed by atoms with E-state index in [1.165, 1.54) is 11.1 Å². The first-order valence-electron chi connectivity index (χ1n) is 8.83. The number of carbonyl (C=O) groups is 1. The van der Waals surface area contributed by atoms with Gasteiger partial charge in [-0.1, -0.05) is 36.4 Å². The maximum absolute atomic E-state index is 12.5. The lowest BCUT2D eigenvalue weighted by Crippen LogP contribution is -2.48. The fourth-order valence-corrected chi connectivity index (χ4v) is 3.21. The molecule has 0 aromatic heterocycles. The second kappa shape index (κ2) is 8.17. The Morgan fingerprint density at radius 3 is 2.32 bits per heavy atom. The first-order chi connectivity index (χ1) is 12.2. The summed E-state index contributed by atoms with van der Waals surface area (Å²) < 4.78 is 5.16. The van der Waals surface area contributed by atoms with Gasteiger partial charge in [-0.05, 0) is 35.7 Å². The van der Waals surface area contributed by atoms with Gasteiger partial charge in [0.25, 0.3) is 0 Å². The number of rotatable bonds is 5. The molecule has 0 spiro atoms. The van der Waals surface area contributed by atoms with Crippen LogP contribution >= 0.6 is 0 Å². The van der Waals surface area contributed by atoms with Gasteiger partial charge in [-0.3, -0.25) is 9.69 Å². The maximum Gasteiger partial charge on any atom is 0.227 e. The van der Waals surface area contributed by atoms with Gasteiger partial charge in [-0.25, -0.2) is 0 Å². The molecule has 0 N–H and O–H groups in total. The zero-order valence-corrected chi connectivity index (χ0v) is 15.1. The van der Waals surface area contributed by atoms with E-state index in [0.29, 0.717) is 6.42 Å². The molecular formula is C21H26N2O2. The van der Waals surface area contributed by atoms with Gasteiger partial charge < -0.3 is 9.64 Å². The van der Waals surface area contributed by atoms with Crippen LogP contribution in [-0.4, -0.2) is 49.0 Å². The first kappa shape index (κ1) is 17.5. The van der Waals surface area contributed by atoms with Crippen LogP contribution in [0.25, 0.3) is 0 Å². The average Bonchev–Trinajstić information content (AvgIpc) is 2.65. The number of aryl methyl sites for hydroxylation is 1. The quantitative estimate of drug-likeness (QED) is 0.840. The number of methoxy groups -OCH3 is 1. The third kappa shape index (κ3) is 4.60. The summed E-state index contributed by atoms with van der Waals surface area (Å²) in [7, 11) is 1.65. The lowest BCUT2D eigenvalue weighted by molar-refractivity contribution is -0.132. The van der Waals surface area contributed by atoms with Gasteiger partial charge in [-0.15, -0.1) is 0 Å². The van der Waals surface area contributed by atoms with Crippen LogP contribution in [0.3, 0.4) is 0 Å². The van der Waals surface area contributed by atoms with Crippen LogP contribution in [0.2, 0.25) is 0 Å². The number of hydrogen-bond donors (Lipinski definition) is 0. The summed E-state index contributed by atoms with van der Waals surface area (Å²) in [5.74, 6) is 1.03. The van der Waals surface area contributed by atoms with Crippen molar-refractivity contribution in [2.24, 2.45) is 0 Å². The minimum atomic E-state index is 0.209. The molecule has 0 unspecified atom stereocenters. The van der Waals surface area contributed by atoms with Crippen molar-refractivity contribution < 1.29 is 9.53 Å². The lowest BCUT2D eigenvalue weighted by Gasteiger charge is -2.35. The van der Waals surface area contributed by atoms with Crippen LogP contribution in [0.15, 0.2) is 48.5 Å². The van der Waals surface area contributed by atoms with E-state index in [1.54, 1.807) is 7.11 Å². The highest BCUT2D eigenvalue weighted by Gasteiger charge is 2.21. The van der Waals surface area contributed by atoms with Crippen LogP contribution in [0, 0.1) is 6.92 Å². The van der Waals surface area contributed by atoms with Crippen LogP contribution in [-0.2, 0) is 17.8 Å². The van der Waals surface area contributed by atoms with Gasteiger partial charge in [0.15, 0.2) is 0 Å². The molecule has 1 aliphatic heterocycles. The Morgan fingerprint density at radius 1 is 1.00 bits per heavy atom. The Bertz CT molecular complexity index is 704. The first-order valence-corrected chi connectivity index (χ1v) is 8.83. The number of ether oxygens (including phenoxy) is 1. The predicted molar refractivity (Wildman–Crippen MR) is 99.7 cm³/mol. The Hall–Kier alpha value is -2.33. The number of hydrogen-bond acceptors (Lipinski definition) is 3. The van der Waals surface area contributed by atoms with E-state index in [4.69, 9.17) is 4.74 Å². The molecule has 132 valence electrons. The van der Waals surface area contributed by atoms with Gasteiger partial charge in [0.05, 0.1) is 13.5 Å². The average molecular weight is 338 g/mol. The molecule has 0 bridgehead atoms. The van der Waals surface area contributed by atoms with E-state index >= 15 is 0 Å². The van der Waals surface area contributed by atoms with E-state index in [2.05, 4.69) is 36.1 Å². The summed E-state index contributed by atoms with van der Waals surface area (Å²) >= 11 is 0. The highest BCUT2D eigenvalue weighted by Crippen LogP contribution is 2.15. The maximum atomic E-state index is 12.5. The van der Waals surface area contributed by atoms with E-state index < -0.39 is 0 Å². The summed E-state index contributed by atoms with van der Waals surface area (Å²) in [5.41, 5.74) is 3.74. The van der Waals surface area contributed by atoms with Gasteiger partial charge in [0, 0.05) is 32.7 Å². The third-order valence-corrected chi connectivity index (χ3v) is 4.89. The summed E-state index contributed by atoms with van der Waals surface area (Å²) in [4.78, 5) is 16.9. The minimum absolute atomic E-state index is 0.209. The van der Waals surface area contributed by atoms with Crippen molar-refractivity contribution in [2.75, 3.05) is 33.3 Å². The molecule has 1 aliphatic rings. The Labute approximate surface area is 150 Å². The zero-order chi connectivity index (χ0) is 17.6. The minimum Gasteiger partial charge on any atom is -0.497 e. The monoisotopic (exact) mass is 338 g/mol. The number of piperazine rings is 1. The van der Waals surface area contributed by atoms with Crippen LogP contribution in [0.4, 0.5) is 0 Å². The predicted octanol–water partition coefficient (Wildman–Crippen LogP) is 2.89. The fourth-order valence-electron chi connectivity index (χ4n) is 3.21. The molecule has 4 nitrogen and oxygen atoms in total. The van der Waals surface area contributed by atoms with E-state index in [-0.39, 0.29) is 5.91 Å². The van der Waals surface area contributed by atoms with Crippen molar-refractivity contribution >= 4 is 5.91 Å². The second-order valence-corrected chi connectivity index (χ2v) is 6.61. The Morgan fingerprint density at radius 2 is 1.68 bits per heavy atom. The molecule has 4 heteroatoms. The molecular weight excluding hydrogens is 312 g/mol. The zero-order valence-electron chi connectivity index (χ0n) is 15.1. The Kier molecular flexibility index (Phi) is 5.71. The fraction of sp³-hybridized carbons (Fsp3) is 0.381. The second-order valence-electron chi connectivity index (χ2n) is 6.61. The lowest BCUT2D eigenvalue weighted by atomic mass is 10.1. The van der Waals surface area contributed by atoms with Gasteiger partial charge in [0.2, 0.25) is 5.91 Å². The summed E-state index contributed by atoms with van der Waals surface area (Å²) in [6.07, 6.45) is 0.460.